The van der Waals surface area contributed by atoms with Gasteiger partial charge in [0.25, 0.3) is 15.9 Å². The molecular formula is C21H26N2O3S. The minimum absolute atomic E-state index is 0.0982. The van der Waals surface area contributed by atoms with E-state index in [1.807, 2.05) is 36.9 Å². The predicted molar refractivity (Wildman–Crippen MR) is 107 cm³/mol. The number of rotatable bonds is 4. The molecule has 0 spiro atoms. The zero-order valence-electron chi connectivity index (χ0n) is 16.0. The monoisotopic (exact) mass is 386 g/mol. The zero-order chi connectivity index (χ0) is 19.6. The number of aryl methyl sites for hydroxylation is 2. The highest BCUT2D eigenvalue weighted by molar-refractivity contribution is 7.92. The van der Waals surface area contributed by atoms with Crippen LogP contribution in [0.5, 0.6) is 0 Å². The summed E-state index contributed by atoms with van der Waals surface area (Å²) in [5.41, 5.74) is 2.70. The number of carbonyl (C=O) groups is 1. The number of hydrogen-bond acceptors (Lipinski definition) is 3. The average Bonchev–Trinajstić information content (AvgIpc) is 2.64. The SMILES string of the molecule is Cc1cccc(C)c1NS(=O)(=O)c1cccc(C(=O)N2CCCC(C)C2)c1. The lowest BCUT2D eigenvalue weighted by atomic mass is 9.99. The minimum Gasteiger partial charge on any atom is -0.338 e. The maximum Gasteiger partial charge on any atom is 0.261 e. The Labute approximate surface area is 161 Å². The van der Waals surface area contributed by atoms with E-state index in [1.54, 1.807) is 12.1 Å². The van der Waals surface area contributed by atoms with Gasteiger partial charge in [0.2, 0.25) is 0 Å². The molecule has 0 bridgehead atoms. The van der Waals surface area contributed by atoms with Crippen LogP contribution in [0.3, 0.4) is 0 Å². The number of nitrogens with zero attached hydrogens (tertiary/aromatic N) is 1. The van der Waals surface area contributed by atoms with Crippen LogP contribution in [-0.4, -0.2) is 32.3 Å². The molecule has 0 aromatic heterocycles. The van der Waals surface area contributed by atoms with Gasteiger partial charge in [0, 0.05) is 18.7 Å². The van der Waals surface area contributed by atoms with Crippen LogP contribution in [0.1, 0.15) is 41.3 Å². The molecule has 0 saturated carbocycles. The Bertz CT molecular complexity index is 933. The fraction of sp³-hybridized carbons (Fsp3) is 0.381. The van der Waals surface area contributed by atoms with E-state index >= 15 is 0 Å². The van der Waals surface area contributed by atoms with Gasteiger partial charge in [-0.1, -0.05) is 31.2 Å². The highest BCUT2D eigenvalue weighted by Gasteiger charge is 2.24. The number of anilines is 1. The van der Waals surface area contributed by atoms with Gasteiger partial charge in [0.05, 0.1) is 10.6 Å². The summed E-state index contributed by atoms with van der Waals surface area (Å²) in [4.78, 5) is 14.7. The summed E-state index contributed by atoms with van der Waals surface area (Å²) in [5.74, 6) is 0.367. The molecule has 1 heterocycles. The van der Waals surface area contributed by atoms with E-state index in [4.69, 9.17) is 0 Å². The number of para-hydroxylation sites is 1. The van der Waals surface area contributed by atoms with Gasteiger partial charge in [-0.15, -0.1) is 0 Å². The van der Waals surface area contributed by atoms with Crippen LogP contribution in [0.4, 0.5) is 5.69 Å². The molecule has 1 saturated heterocycles. The molecule has 144 valence electrons. The van der Waals surface area contributed by atoms with E-state index < -0.39 is 10.0 Å². The molecule has 0 aliphatic carbocycles. The molecule has 27 heavy (non-hydrogen) atoms. The van der Waals surface area contributed by atoms with Crippen LogP contribution in [0.2, 0.25) is 0 Å². The van der Waals surface area contributed by atoms with Crippen molar-refractivity contribution in [2.24, 2.45) is 5.92 Å². The van der Waals surface area contributed by atoms with E-state index in [2.05, 4.69) is 11.6 Å². The zero-order valence-corrected chi connectivity index (χ0v) is 16.8. The normalized spacial score (nSPS) is 17.6. The predicted octanol–water partition coefficient (Wildman–Crippen LogP) is 3.98. The fourth-order valence-corrected chi connectivity index (χ4v) is 4.77. The Morgan fingerprint density at radius 2 is 1.78 bits per heavy atom. The summed E-state index contributed by atoms with van der Waals surface area (Å²) in [6.07, 6.45) is 2.11. The van der Waals surface area contributed by atoms with E-state index in [1.165, 1.54) is 12.1 Å². The maximum atomic E-state index is 12.9. The van der Waals surface area contributed by atoms with E-state index in [-0.39, 0.29) is 10.8 Å². The first-order chi connectivity index (χ1) is 12.8. The van der Waals surface area contributed by atoms with Gasteiger partial charge in [0.15, 0.2) is 0 Å². The minimum atomic E-state index is -3.78. The molecule has 1 aliphatic heterocycles. The van der Waals surface area contributed by atoms with E-state index in [9.17, 15) is 13.2 Å². The molecule has 3 rings (SSSR count). The Morgan fingerprint density at radius 1 is 1.11 bits per heavy atom. The second kappa shape index (κ2) is 7.72. The molecule has 1 N–H and O–H groups in total. The molecule has 1 amide bonds. The highest BCUT2D eigenvalue weighted by atomic mass is 32.2. The van der Waals surface area contributed by atoms with Gasteiger partial charge in [-0.25, -0.2) is 8.42 Å². The standard InChI is InChI=1S/C21H26N2O3S/c1-15-7-6-12-23(14-15)21(24)18-10-5-11-19(13-18)27(25,26)22-20-16(2)8-4-9-17(20)3/h4-5,8-11,13,15,22H,6-7,12,14H2,1-3H3. The quantitative estimate of drug-likeness (QED) is 0.864. The summed E-state index contributed by atoms with van der Waals surface area (Å²) in [6.45, 7) is 7.30. The Kier molecular flexibility index (Phi) is 5.56. The molecule has 1 unspecified atom stereocenters. The number of sulfonamides is 1. The summed E-state index contributed by atoms with van der Waals surface area (Å²) in [5, 5.41) is 0. The average molecular weight is 387 g/mol. The molecule has 2 aromatic rings. The van der Waals surface area contributed by atoms with Crippen molar-refractivity contribution in [3.63, 3.8) is 0 Å². The third-order valence-electron chi connectivity index (χ3n) is 5.05. The van der Waals surface area contributed by atoms with E-state index in [0.717, 1.165) is 37.1 Å². The molecule has 1 aliphatic rings. The largest absolute Gasteiger partial charge is 0.338 e. The third-order valence-corrected chi connectivity index (χ3v) is 6.40. The summed E-state index contributed by atoms with van der Waals surface area (Å²) in [6, 6.07) is 11.9. The first-order valence-corrected chi connectivity index (χ1v) is 10.7. The van der Waals surface area contributed by atoms with Crippen molar-refractivity contribution in [2.75, 3.05) is 17.8 Å². The Morgan fingerprint density at radius 3 is 2.44 bits per heavy atom. The molecular weight excluding hydrogens is 360 g/mol. The molecule has 1 atom stereocenters. The molecule has 5 nitrogen and oxygen atoms in total. The van der Waals surface area contributed by atoms with Gasteiger partial charge < -0.3 is 4.90 Å². The van der Waals surface area contributed by atoms with Gasteiger partial charge >= 0.3 is 0 Å². The van der Waals surface area contributed by atoms with Crippen molar-refractivity contribution in [2.45, 2.75) is 38.5 Å². The molecule has 1 fully saturated rings. The van der Waals surface area contributed by atoms with Crippen molar-refractivity contribution >= 4 is 21.6 Å². The number of benzene rings is 2. The fourth-order valence-electron chi connectivity index (χ4n) is 3.52. The van der Waals surface area contributed by atoms with Crippen molar-refractivity contribution in [1.82, 2.24) is 4.90 Å². The van der Waals surface area contributed by atoms with Crippen molar-refractivity contribution in [3.8, 4) is 0 Å². The second-order valence-corrected chi connectivity index (χ2v) is 9.08. The third kappa shape index (κ3) is 4.33. The number of likely N-dealkylation sites (tertiary alicyclic amines) is 1. The van der Waals surface area contributed by atoms with Crippen molar-refractivity contribution in [3.05, 3.63) is 59.2 Å². The van der Waals surface area contributed by atoms with Crippen LogP contribution in [-0.2, 0) is 10.0 Å². The number of carbonyl (C=O) groups excluding carboxylic acids is 1. The summed E-state index contributed by atoms with van der Waals surface area (Å²) < 4.78 is 28.4. The van der Waals surface area contributed by atoms with Crippen LogP contribution in [0.15, 0.2) is 47.4 Å². The molecule has 2 aromatic carbocycles. The second-order valence-electron chi connectivity index (χ2n) is 7.40. The van der Waals surface area contributed by atoms with Gasteiger partial charge in [-0.05, 0) is 61.9 Å². The van der Waals surface area contributed by atoms with Crippen LogP contribution in [0.25, 0.3) is 0 Å². The topological polar surface area (TPSA) is 66.5 Å². The summed E-state index contributed by atoms with van der Waals surface area (Å²) in [7, 11) is -3.78. The van der Waals surface area contributed by atoms with Crippen molar-refractivity contribution < 1.29 is 13.2 Å². The molecule has 6 heteroatoms. The number of hydrogen-bond donors (Lipinski definition) is 1. The number of nitrogens with one attached hydrogen (secondary N) is 1. The first-order valence-electron chi connectivity index (χ1n) is 9.26. The molecule has 0 radical (unpaired) electrons. The smallest absolute Gasteiger partial charge is 0.261 e. The van der Waals surface area contributed by atoms with Crippen LogP contribution in [0, 0.1) is 19.8 Å². The van der Waals surface area contributed by atoms with Gasteiger partial charge in [-0.2, -0.15) is 0 Å². The number of amides is 1. The lowest BCUT2D eigenvalue weighted by molar-refractivity contribution is 0.0683. The van der Waals surface area contributed by atoms with Gasteiger partial charge in [0.1, 0.15) is 0 Å². The highest BCUT2D eigenvalue weighted by Crippen LogP contribution is 2.24. The van der Waals surface area contributed by atoms with Gasteiger partial charge in [-0.3, -0.25) is 9.52 Å². The Balaban J connectivity index is 1.87. The first kappa shape index (κ1) is 19.4. The van der Waals surface area contributed by atoms with Crippen molar-refractivity contribution in [1.29, 1.82) is 0 Å². The van der Waals surface area contributed by atoms with Crippen LogP contribution < -0.4 is 4.72 Å². The number of piperidine rings is 1. The Hall–Kier alpha value is -2.34. The van der Waals surface area contributed by atoms with Crippen LogP contribution >= 0.6 is 0 Å². The maximum absolute atomic E-state index is 12.9. The summed E-state index contributed by atoms with van der Waals surface area (Å²) >= 11 is 0. The lowest BCUT2D eigenvalue weighted by Crippen LogP contribution is -2.39. The lowest BCUT2D eigenvalue weighted by Gasteiger charge is -2.31. The van der Waals surface area contributed by atoms with E-state index in [0.29, 0.717) is 17.2 Å².